The van der Waals surface area contributed by atoms with E-state index >= 15 is 0 Å². The summed E-state index contributed by atoms with van der Waals surface area (Å²) in [6, 6.07) is 10.2. The van der Waals surface area contributed by atoms with Crippen molar-refractivity contribution < 1.29 is 4.74 Å². The third-order valence-electron chi connectivity index (χ3n) is 3.13. The lowest BCUT2D eigenvalue weighted by atomic mass is 10.2. The molecule has 2 rings (SSSR count). The fraction of sp³-hybridized carbons (Fsp3) is 0.438. The van der Waals surface area contributed by atoms with E-state index in [1.165, 1.54) is 19.3 Å². The number of benzene rings is 1. The molecule has 19 heavy (non-hydrogen) atoms. The van der Waals surface area contributed by atoms with Gasteiger partial charge in [-0.15, -0.1) is 0 Å². The van der Waals surface area contributed by atoms with Crippen molar-refractivity contribution in [3.8, 4) is 5.75 Å². The number of aromatic nitrogens is 1. The highest BCUT2D eigenvalue weighted by atomic mass is 32.1. The van der Waals surface area contributed by atoms with E-state index in [9.17, 15) is 0 Å². The van der Waals surface area contributed by atoms with Crippen molar-refractivity contribution >= 4 is 23.5 Å². The molecule has 0 spiro atoms. The molecule has 0 atom stereocenters. The number of ether oxygens (including phenoxy) is 1. The smallest absolute Gasteiger partial charge is 0.145 e. The Bertz CT molecular complexity index is 527. The Labute approximate surface area is 120 Å². The highest BCUT2D eigenvalue weighted by Gasteiger charge is 2.03. The molecular formula is C16H21NOS. The van der Waals surface area contributed by atoms with E-state index < -0.39 is 0 Å². The highest BCUT2D eigenvalue weighted by Crippen LogP contribution is 2.24. The van der Waals surface area contributed by atoms with Gasteiger partial charge in [0.2, 0.25) is 0 Å². The van der Waals surface area contributed by atoms with Gasteiger partial charge in [0, 0.05) is 11.1 Å². The normalized spacial score (nSPS) is 10.8. The molecule has 0 aliphatic carbocycles. The molecular weight excluding hydrogens is 254 g/mol. The minimum Gasteiger partial charge on any atom is -0.491 e. The number of rotatable bonds is 7. The van der Waals surface area contributed by atoms with Gasteiger partial charge in [-0.05, 0) is 37.7 Å². The molecule has 0 bridgehead atoms. The van der Waals surface area contributed by atoms with Crippen LogP contribution in [-0.4, -0.2) is 17.3 Å². The minimum absolute atomic E-state index is 0.765. The van der Waals surface area contributed by atoms with E-state index in [1.54, 1.807) is 0 Å². The second-order valence-electron chi connectivity index (χ2n) is 4.77. The molecule has 3 heteroatoms. The first-order valence-electron chi connectivity index (χ1n) is 6.91. The van der Waals surface area contributed by atoms with Crippen LogP contribution >= 0.6 is 12.6 Å². The average molecular weight is 275 g/mol. The van der Waals surface area contributed by atoms with Gasteiger partial charge in [0.15, 0.2) is 0 Å². The van der Waals surface area contributed by atoms with Crippen molar-refractivity contribution in [3.63, 3.8) is 0 Å². The van der Waals surface area contributed by atoms with Crippen molar-refractivity contribution in [2.45, 2.75) is 32.6 Å². The lowest BCUT2D eigenvalue weighted by Gasteiger charge is -2.09. The van der Waals surface area contributed by atoms with Crippen LogP contribution in [0.1, 0.15) is 31.4 Å². The van der Waals surface area contributed by atoms with Crippen molar-refractivity contribution in [1.29, 1.82) is 0 Å². The average Bonchev–Trinajstić information content (AvgIpc) is 2.43. The minimum atomic E-state index is 0.765. The van der Waals surface area contributed by atoms with Crippen molar-refractivity contribution in [2.24, 2.45) is 0 Å². The summed E-state index contributed by atoms with van der Waals surface area (Å²) in [5.74, 6) is 1.88. The summed E-state index contributed by atoms with van der Waals surface area (Å²) in [5, 5.41) is 1.14. The molecule has 0 fully saturated rings. The largest absolute Gasteiger partial charge is 0.491 e. The van der Waals surface area contributed by atoms with E-state index in [4.69, 9.17) is 4.74 Å². The number of unbranched alkanes of at least 4 members (excludes halogenated alkanes) is 3. The fourth-order valence-electron chi connectivity index (χ4n) is 2.08. The number of hydrogen-bond acceptors (Lipinski definition) is 3. The molecule has 0 saturated carbocycles. The zero-order valence-corrected chi connectivity index (χ0v) is 12.3. The maximum absolute atomic E-state index is 5.87. The molecule has 0 N–H and O–H groups in total. The van der Waals surface area contributed by atoms with Gasteiger partial charge >= 0.3 is 0 Å². The third-order valence-corrected chi connectivity index (χ3v) is 3.45. The van der Waals surface area contributed by atoms with Gasteiger partial charge in [0.25, 0.3) is 0 Å². The summed E-state index contributed by atoms with van der Waals surface area (Å²) in [5.41, 5.74) is 2.00. The number of pyridine rings is 1. The summed E-state index contributed by atoms with van der Waals surface area (Å²) in [6.45, 7) is 2.77. The maximum atomic E-state index is 5.87. The second-order valence-corrected chi connectivity index (χ2v) is 5.21. The Morgan fingerprint density at radius 3 is 2.74 bits per heavy atom. The number of aryl methyl sites for hydroxylation is 1. The number of para-hydroxylation sites is 1. The predicted molar refractivity (Wildman–Crippen MR) is 84.3 cm³/mol. The Morgan fingerprint density at radius 2 is 1.89 bits per heavy atom. The molecule has 0 saturated heterocycles. The number of thiol groups is 1. The quantitative estimate of drug-likeness (QED) is 0.597. The van der Waals surface area contributed by atoms with Crippen LogP contribution in [-0.2, 0) is 0 Å². The van der Waals surface area contributed by atoms with Gasteiger partial charge in [-0.2, -0.15) is 12.6 Å². The summed E-state index contributed by atoms with van der Waals surface area (Å²) >= 11 is 4.21. The fourth-order valence-corrected chi connectivity index (χ4v) is 2.31. The Balaban J connectivity index is 1.95. The van der Waals surface area contributed by atoms with Gasteiger partial charge in [0.05, 0.1) is 6.61 Å². The molecule has 1 heterocycles. The molecule has 0 aliphatic rings. The van der Waals surface area contributed by atoms with Crippen molar-refractivity contribution in [3.05, 3.63) is 36.0 Å². The Kier molecular flexibility index (Phi) is 5.52. The van der Waals surface area contributed by atoms with E-state index in [-0.39, 0.29) is 0 Å². The van der Waals surface area contributed by atoms with E-state index in [0.29, 0.717) is 0 Å². The first-order chi connectivity index (χ1) is 9.31. The summed E-state index contributed by atoms with van der Waals surface area (Å²) in [6.07, 6.45) is 4.73. The lowest BCUT2D eigenvalue weighted by Crippen LogP contribution is -1.99. The van der Waals surface area contributed by atoms with Crippen LogP contribution in [0.2, 0.25) is 0 Å². The van der Waals surface area contributed by atoms with Gasteiger partial charge < -0.3 is 4.74 Å². The maximum Gasteiger partial charge on any atom is 0.145 e. The number of nitrogens with zero attached hydrogens (tertiary/aromatic N) is 1. The highest BCUT2D eigenvalue weighted by molar-refractivity contribution is 7.80. The zero-order valence-electron chi connectivity index (χ0n) is 11.4. The molecule has 2 aromatic rings. The Morgan fingerprint density at radius 1 is 1.05 bits per heavy atom. The van der Waals surface area contributed by atoms with Crippen LogP contribution in [0.25, 0.3) is 10.9 Å². The second kappa shape index (κ2) is 7.39. The molecule has 2 nitrogen and oxygen atoms in total. The van der Waals surface area contributed by atoms with Crippen LogP contribution in [0.15, 0.2) is 30.3 Å². The van der Waals surface area contributed by atoms with Gasteiger partial charge in [-0.1, -0.05) is 31.0 Å². The first-order valence-corrected chi connectivity index (χ1v) is 7.54. The number of hydrogen-bond donors (Lipinski definition) is 1. The zero-order chi connectivity index (χ0) is 13.5. The van der Waals surface area contributed by atoms with Crippen LogP contribution in [0.3, 0.4) is 0 Å². The molecule has 0 aliphatic heterocycles. The molecule has 0 amide bonds. The standard InChI is InChI=1S/C16H21NOS/c1-13-9-10-14-7-6-8-15(16(14)17-13)18-11-4-2-3-5-12-19/h6-10,19H,2-5,11-12H2,1H3. The Hall–Kier alpha value is -1.22. The third kappa shape index (κ3) is 4.13. The lowest BCUT2D eigenvalue weighted by molar-refractivity contribution is 0.308. The van der Waals surface area contributed by atoms with Crippen LogP contribution in [0.4, 0.5) is 0 Å². The monoisotopic (exact) mass is 275 g/mol. The summed E-state index contributed by atoms with van der Waals surface area (Å²) in [7, 11) is 0. The molecule has 102 valence electrons. The van der Waals surface area contributed by atoms with Crippen LogP contribution < -0.4 is 4.74 Å². The summed E-state index contributed by atoms with van der Waals surface area (Å²) in [4.78, 5) is 4.57. The topological polar surface area (TPSA) is 22.1 Å². The van der Waals surface area contributed by atoms with Crippen molar-refractivity contribution in [2.75, 3.05) is 12.4 Å². The SMILES string of the molecule is Cc1ccc2cccc(OCCCCCCS)c2n1. The van der Waals surface area contributed by atoms with E-state index in [0.717, 1.165) is 41.1 Å². The van der Waals surface area contributed by atoms with Crippen molar-refractivity contribution in [1.82, 2.24) is 4.98 Å². The molecule has 1 aromatic carbocycles. The van der Waals surface area contributed by atoms with Crippen LogP contribution in [0, 0.1) is 6.92 Å². The van der Waals surface area contributed by atoms with Gasteiger partial charge in [-0.3, -0.25) is 0 Å². The van der Waals surface area contributed by atoms with E-state index in [1.807, 2.05) is 25.1 Å². The molecule has 0 radical (unpaired) electrons. The molecule has 0 unspecified atom stereocenters. The van der Waals surface area contributed by atoms with E-state index in [2.05, 4.69) is 29.7 Å². The number of fused-ring (bicyclic) bond motifs is 1. The van der Waals surface area contributed by atoms with Gasteiger partial charge in [-0.25, -0.2) is 4.98 Å². The first kappa shape index (κ1) is 14.2. The summed E-state index contributed by atoms with van der Waals surface area (Å²) < 4.78 is 5.87. The van der Waals surface area contributed by atoms with Crippen LogP contribution in [0.5, 0.6) is 5.75 Å². The molecule has 1 aromatic heterocycles. The predicted octanol–water partition coefficient (Wildman–Crippen LogP) is 4.41. The van der Waals surface area contributed by atoms with Gasteiger partial charge in [0.1, 0.15) is 11.3 Å².